The first-order chi connectivity index (χ1) is 5.58. The number of carbonyl (C=O) groups excluding carboxylic acids is 1. The van der Waals surface area contributed by atoms with Gasteiger partial charge in [-0.1, -0.05) is 20.8 Å². The topological polar surface area (TPSA) is 32.9 Å². The van der Waals surface area contributed by atoms with Crippen LogP contribution in [0, 0.1) is 5.41 Å². The maximum Gasteiger partial charge on any atom is 0.184 e. The highest BCUT2D eigenvalue weighted by Crippen LogP contribution is 2.24. The molecule has 12 heavy (non-hydrogen) atoms. The average molecular weight is 165 g/mol. The predicted molar refractivity (Wildman–Crippen MR) is 49.2 cm³/mol. The van der Waals surface area contributed by atoms with Gasteiger partial charge in [-0.15, -0.1) is 0 Å². The van der Waals surface area contributed by atoms with E-state index < -0.39 is 0 Å². The number of rotatable bonds is 3. The molecule has 1 rings (SSSR count). The van der Waals surface area contributed by atoms with Gasteiger partial charge in [-0.05, 0) is 18.6 Å². The van der Waals surface area contributed by atoms with Gasteiger partial charge in [0, 0.05) is 11.6 Å². The second kappa shape index (κ2) is 3.13. The van der Waals surface area contributed by atoms with E-state index in [1.807, 2.05) is 32.9 Å². The lowest BCUT2D eigenvalue weighted by atomic mass is 9.84. The zero-order valence-corrected chi connectivity index (χ0v) is 7.85. The Hall–Kier alpha value is -1.05. The van der Waals surface area contributed by atoms with E-state index in [0.29, 0.717) is 5.69 Å². The maximum atomic E-state index is 11.7. The molecule has 0 bridgehead atoms. The lowest BCUT2D eigenvalue weighted by molar-refractivity contribution is 0.0828. The Morgan fingerprint density at radius 1 is 1.58 bits per heavy atom. The van der Waals surface area contributed by atoms with E-state index in [-0.39, 0.29) is 11.2 Å². The van der Waals surface area contributed by atoms with Crippen LogP contribution in [-0.2, 0) is 0 Å². The Kier molecular flexibility index (Phi) is 2.36. The van der Waals surface area contributed by atoms with Crippen molar-refractivity contribution in [1.29, 1.82) is 0 Å². The van der Waals surface area contributed by atoms with Gasteiger partial charge in [0.1, 0.15) is 0 Å². The molecule has 0 aliphatic heterocycles. The number of carbonyl (C=O) groups is 1. The van der Waals surface area contributed by atoms with Crippen LogP contribution in [-0.4, -0.2) is 10.8 Å². The van der Waals surface area contributed by atoms with Crippen LogP contribution in [0.3, 0.4) is 0 Å². The van der Waals surface area contributed by atoms with Crippen LogP contribution in [0.15, 0.2) is 18.3 Å². The minimum absolute atomic E-state index is 0.190. The molecule has 2 heteroatoms. The molecule has 2 nitrogen and oxygen atoms in total. The number of H-pyrrole nitrogens is 1. The predicted octanol–water partition coefficient (Wildman–Crippen LogP) is 2.63. The molecule has 0 spiro atoms. The minimum Gasteiger partial charge on any atom is -0.359 e. The van der Waals surface area contributed by atoms with Crippen molar-refractivity contribution in [3.63, 3.8) is 0 Å². The van der Waals surface area contributed by atoms with Gasteiger partial charge in [0.15, 0.2) is 5.78 Å². The fraction of sp³-hybridized carbons (Fsp3) is 0.500. The van der Waals surface area contributed by atoms with Crippen molar-refractivity contribution in [2.45, 2.75) is 27.2 Å². The molecule has 1 heterocycles. The summed E-state index contributed by atoms with van der Waals surface area (Å²) in [4.78, 5) is 14.7. The molecule has 0 amide bonds. The second-order valence-electron chi connectivity index (χ2n) is 3.65. The van der Waals surface area contributed by atoms with Gasteiger partial charge >= 0.3 is 0 Å². The third-order valence-corrected chi connectivity index (χ3v) is 2.34. The lowest BCUT2D eigenvalue weighted by Crippen LogP contribution is -2.23. The van der Waals surface area contributed by atoms with Crippen molar-refractivity contribution >= 4 is 5.78 Å². The zero-order valence-electron chi connectivity index (χ0n) is 7.85. The largest absolute Gasteiger partial charge is 0.359 e. The van der Waals surface area contributed by atoms with Crippen molar-refractivity contribution in [3.8, 4) is 0 Å². The van der Waals surface area contributed by atoms with E-state index in [2.05, 4.69) is 4.98 Å². The van der Waals surface area contributed by atoms with Crippen molar-refractivity contribution in [2.24, 2.45) is 5.41 Å². The monoisotopic (exact) mass is 165 g/mol. The second-order valence-corrected chi connectivity index (χ2v) is 3.65. The van der Waals surface area contributed by atoms with Crippen LogP contribution in [0.4, 0.5) is 0 Å². The number of nitrogens with one attached hydrogen (secondary N) is 1. The summed E-state index contributed by atoms with van der Waals surface area (Å²) in [6.45, 7) is 5.97. The van der Waals surface area contributed by atoms with Crippen molar-refractivity contribution in [3.05, 3.63) is 24.0 Å². The molecule has 66 valence electrons. The molecule has 0 aromatic carbocycles. The van der Waals surface area contributed by atoms with Gasteiger partial charge in [0.25, 0.3) is 0 Å². The molecule has 0 radical (unpaired) electrons. The smallest absolute Gasteiger partial charge is 0.184 e. The first kappa shape index (κ1) is 9.04. The molecule has 0 aliphatic rings. The Balaban J connectivity index is 2.86. The number of Topliss-reactive ketones (excluding diaryl/α,β-unsaturated/α-hetero) is 1. The molecule has 1 N–H and O–H groups in total. The van der Waals surface area contributed by atoms with Gasteiger partial charge in [-0.3, -0.25) is 4.79 Å². The Morgan fingerprint density at radius 3 is 2.67 bits per heavy atom. The van der Waals surface area contributed by atoms with E-state index in [9.17, 15) is 4.79 Å². The fourth-order valence-electron chi connectivity index (χ4n) is 0.997. The fourth-order valence-corrected chi connectivity index (χ4v) is 0.997. The lowest BCUT2D eigenvalue weighted by Gasteiger charge is -2.19. The third kappa shape index (κ3) is 1.58. The molecule has 1 aromatic rings. The Bertz CT molecular complexity index is 259. The number of ketones is 1. The van der Waals surface area contributed by atoms with Crippen molar-refractivity contribution < 1.29 is 4.79 Å². The molecule has 0 unspecified atom stereocenters. The summed E-state index contributed by atoms with van der Waals surface area (Å²) < 4.78 is 0. The van der Waals surface area contributed by atoms with Gasteiger partial charge in [-0.25, -0.2) is 0 Å². The summed E-state index contributed by atoms with van der Waals surface area (Å²) in [5.74, 6) is 0.190. The maximum absolute atomic E-state index is 11.7. The zero-order chi connectivity index (χ0) is 9.19. The molecular formula is C10H15NO. The van der Waals surface area contributed by atoms with Crippen LogP contribution in [0.25, 0.3) is 0 Å². The normalized spacial score (nSPS) is 11.6. The molecule has 0 saturated carbocycles. The summed E-state index contributed by atoms with van der Waals surface area (Å²) in [5.41, 5.74) is 0.465. The van der Waals surface area contributed by atoms with Crippen LogP contribution >= 0.6 is 0 Å². The highest BCUT2D eigenvalue weighted by molar-refractivity contribution is 5.98. The Morgan fingerprint density at radius 2 is 2.25 bits per heavy atom. The summed E-state index contributed by atoms with van der Waals surface area (Å²) in [6, 6.07) is 3.67. The summed E-state index contributed by atoms with van der Waals surface area (Å²) in [6.07, 6.45) is 2.64. The number of aromatic amines is 1. The summed E-state index contributed by atoms with van der Waals surface area (Å²) in [5, 5.41) is 0. The first-order valence-electron chi connectivity index (χ1n) is 4.26. The van der Waals surface area contributed by atoms with Crippen LogP contribution < -0.4 is 0 Å². The van der Waals surface area contributed by atoms with E-state index in [0.717, 1.165) is 6.42 Å². The van der Waals surface area contributed by atoms with Gasteiger partial charge in [0.2, 0.25) is 0 Å². The standard InChI is InChI=1S/C10H15NO/c1-4-10(2,3)9(12)8-6-5-7-11-8/h5-7,11H,4H2,1-3H3. The third-order valence-electron chi connectivity index (χ3n) is 2.34. The average Bonchev–Trinajstić information content (AvgIpc) is 2.55. The molecule has 1 aromatic heterocycles. The molecular weight excluding hydrogens is 150 g/mol. The first-order valence-corrected chi connectivity index (χ1v) is 4.26. The van der Waals surface area contributed by atoms with Crippen LogP contribution in [0.5, 0.6) is 0 Å². The van der Waals surface area contributed by atoms with E-state index in [4.69, 9.17) is 0 Å². The summed E-state index contributed by atoms with van der Waals surface area (Å²) >= 11 is 0. The molecule has 0 fully saturated rings. The summed E-state index contributed by atoms with van der Waals surface area (Å²) in [7, 11) is 0. The van der Waals surface area contributed by atoms with Gasteiger partial charge < -0.3 is 4.98 Å². The number of hydrogen-bond acceptors (Lipinski definition) is 1. The highest BCUT2D eigenvalue weighted by atomic mass is 16.1. The van der Waals surface area contributed by atoms with Crippen LogP contribution in [0.1, 0.15) is 37.7 Å². The van der Waals surface area contributed by atoms with Crippen molar-refractivity contribution in [1.82, 2.24) is 4.98 Å². The van der Waals surface area contributed by atoms with Gasteiger partial charge in [-0.2, -0.15) is 0 Å². The molecule has 0 atom stereocenters. The van der Waals surface area contributed by atoms with Crippen molar-refractivity contribution in [2.75, 3.05) is 0 Å². The Labute approximate surface area is 73.0 Å². The SMILES string of the molecule is CCC(C)(C)C(=O)c1ccc[nH]1. The van der Waals surface area contributed by atoms with Gasteiger partial charge in [0.05, 0.1) is 5.69 Å². The number of aromatic nitrogens is 1. The van der Waals surface area contributed by atoms with E-state index in [1.165, 1.54) is 0 Å². The van der Waals surface area contributed by atoms with Crippen LogP contribution in [0.2, 0.25) is 0 Å². The molecule has 0 aliphatic carbocycles. The quantitative estimate of drug-likeness (QED) is 0.686. The van der Waals surface area contributed by atoms with E-state index in [1.54, 1.807) is 6.20 Å². The minimum atomic E-state index is -0.245. The molecule has 0 saturated heterocycles. The highest BCUT2D eigenvalue weighted by Gasteiger charge is 2.26. The van der Waals surface area contributed by atoms with E-state index >= 15 is 0 Å². The number of hydrogen-bond donors (Lipinski definition) is 1.